The van der Waals surface area contributed by atoms with E-state index in [1.165, 1.54) is 12.5 Å². The van der Waals surface area contributed by atoms with Crippen LogP contribution >= 0.6 is 24.0 Å². The maximum Gasteiger partial charge on any atom is 0.191 e. The standard InChI is InChI=1S/C18H31FN4.HI/c1-4-20-18(21-13-9-10-14-23(5-2)6-3)22-15-16-11-7-8-12-17(16)19;/h7-8,11-12H,4-6,9-10,13-15H2,1-3H3,(H2,20,21,22);1H. The third-order valence-corrected chi connectivity index (χ3v) is 3.80. The third kappa shape index (κ3) is 9.42. The average molecular weight is 450 g/mol. The molecule has 1 rings (SSSR count). The van der Waals surface area contributed by atoms with E-state index in [9.17, 15) is 4.39 Å². The highest BCUT2D eigenvalue weighted by atomic mass is 127. The minimum Gasteiger partial charge on any atom is -0.357 e. The maximum absolute atomic E-state index is 13.6. The average Bonchev–Trinajstić information content (AvgIpc) is 2.57. The van der Waals surface area contributed by atoms with Crippen LogP contribution in [0.3, 0.4) is 0 Å². The van der Waals surface area contributed by atoms with E-state index in [0.717, 1.165) is 45.1 Å². The van der Waals surface area contributed by atoms with Gasteiger partial charge in [0.2, 0.25) is 0 Å². The fourth-order valence-corrected chi connectivity index (χ4v) is 2.34. The van der Waals surface area contributed by atoms with Gasteiger partial charge in [0, 0.05) is 18.7 Å². The van der Waals surface area contributed by atoms with E-state index in [1.807, 2.05) is 13.0 Å². The zero-order valence-electron chi connectivity index (χ0n) is 15.1. The summed E-state index contributed by atoms with van der Waals surface area (Å²) in [5.41, 5.74) is 0.617. The molecular formula is C18H32FIN4. The molecule has 4 nitrogen and oxygen atoms in total. The fourth-order valence-electron chi connectivity index (χ4n) is 2.34. The van der Waals surface area contributed by atoms with E-state index in [1.54, 1.807) is 12.1 Å². The lowest BCUT2D eigenvalue weighted by Gasteiger charge is -2.18. The summed E-state index contributed by atoms with van der Waals surface area (Å²) in [6.07, 6.45) is 2.27. The van der Waals surface area contributed by atoms with Gasteiger partial charge in [0.15, 0.2) is 5.96 Å². The number of guanidine groups is 1. The SMILES string of the molecule is CCNC(=NCc1ccccc1F)NCCCCN(CC)CC.I. The second-order valence-electron chi connectivity index (χ2n) is 5.45. The summed E-state index contributed by atoms with van der Waals surface area (Å²) >= 11 is 0. The molecule has 0 aromatic heterocycles. The summed E-state index contributed by atoms with van der Waals surface area (Å²) in [4.78, 5) is 6.88. The molecule has 0 spiro atoms. The second-order valence-corrected chi connectivity index (χ2v) is 5.45. The van der Waals surface area contributed by atoms with E-state index in [0.29, 0.717) is 12.1 Å². The summed E-state index contributed by atoms with van der Waals surface area (Å²) in [5, 5.41) is 6.52. The third-order valence-electron chi connectivity index (χ3n) is 3.80. The van der Waals surface area contributed by atoms with E-state index < -0.39 is 0 Å². The van der Waals surface area contributed by atoms with Gasteiger partial charge in [-0.15, -0.1) is 24.0 Å². The molecule has 0 saturated carbocycles. The quantitative estimate of drug-likeness (QED) is 0.248. The van der Waals surface area contributed by atoms with Gasteiger partial charge in [0.25, 0.3) is 0 Å². The molecule has 0 amide bonds. The van der Waals surface area contributed by atoms with Crippen molar-refractivity contribution >= 4 is 29.9 Å². The molecule has 0 bridgehead atoms. The highest BCUT2D eigenvalue weighted by Gasteiger charge is 2.02. The van der Waals surface area contributed by atoms with Gasteiger partial charge < -0.3 is 15.5 Å². The lowest BCUT2D eigenvalue weighted by molar-refractivity contribution is 0.297. The molecule has 1 aromatic carbocycles. The van der Waals surface area contributed by atoms with Crippen LogP contribution in [0.1, 0.15) is 39.2 Å². The molecule has 0 aliphatic carbocycles. The maximum atomic E-state index is 13.6. The van der Waals surface area contributed by atoms with Crippen LogP contribution in [0, 0.1) is 5.82 Å². The first kappa shape index (κ1) is 23.1. The summed E-state index contributed by atoms with van der Waals surface area (Å²) in [5.74, 6) is 0.546. The second kappa shape index (κ2) is 14.5. The number of aliphatic imine (C=N–C) groups is 1. The van der Waals surface area contributed by atoms with Crippen molar-refractivity contribution in [2.75, 3.05) is 32.7 Å². The number of halogens is 2. The largest absolute Gasteiger partial charge is 0.357 e. The van der Waals surface area contributed by atoms with Crippen molar-refractivity contribution in [1.82, 2.24) is 15.5 Å². The smallest absolute Gasteiger partial charge is 0.191 e. The Kier molecular flexibility index (Phi) is 13.9. The first-order chi connectivity index (χ1) is 11.2. The van der Waals surface area contributed by atoms with Crippen molar-refractivity contribution in [3.05, 3.63) is 35.6 Å². The van der Waals surface area contributed by atoms with Crippen LogP contribution in [0.15, 0.2) is 29.3 Å². The van der Waals surface area contributed by atoms with Gasteiger partial charge in [0.1, 0.15) is 5.82 Å². The predicted octanol–water partition coefficient (Wildman–Crippen LogP) is 3.62. The number of nitrogens with one attached hydrogen (secondary N) is 2. The van der Waals surface area contributed by atoms with Crippen LogP contribution in [0.4, 0.5) is 4.39 Å². The molecule has 0 saturated heterocycles. The Morgan fingerprint density at radius 1 is 1.08 bits per heavy atom. The monoisotopic (exact) mass is 450 g/mol. The Bertz CT molecular complexity index is 464. The Balaban J connectivity index is 0.00000529. The normalized spacial score (nSPS) is 11.3. The molecule has 0 heterocycles. The molecule has 0 unspecified atom stereocenters. The van der Waals surface area contributed by atoms with Crippen molar-refractivity contribution in [3.8, 4) is 0 Å². The first-order valence-corrected chi connectivity index (χ1v) is 8.69. The number of unbranched alkanes of at least 4 members (excludes halogenated alkanes) is 1. The van der Waals surface area contributed by atoms with Crippen LogP contribution in [0.2, 0.25) is 0 Å². The molecule has 0 aliphatic rings. The number of rotatable bonds is 10. The Morgan fingerprint density at radius 2 is 1.79 bits per heavy atom. The number of hydrogen-bond acceptors (Lipinski definition) is 2. The zero-order valence-corrected chi connectivity index (χ0v) is 17.5. The van der Waals surface area contributed by atoms with E-state index >= 15 is 0 Å². The highest BCUT2D eigenvalue weighted by molar-refractivity contribution is 14.0. The minimum atomic E-state index is -0.202. The molecule has 0 fully saturated rings. The fraction of sp³-hybridized carbons (Fsp3) is 0.611. The molecule has 138 valence electrons. The van der Waals surface area contributed by atoms with Crippen molar-refractivity contribution in [1.29, 1.82) is 0 Å². The van der Waals surface area contributed by atoms with Crippen LogP contribution in [-0.4, -0.2) is 43.6 Å². The molecule has 24 heavy (non-hydrogen) atoms. The summed E-state index contributed by atoms with van der Waals surface area (Å²) in [6.45, 7) is 11.8. The lowest BCUT2D eigenvalue weighted by atomic mass is 10.2. The highest BCUT2D eigenvalue weighted by Crippen LogP contribution is 2.07. The van der Waals surface area contributed by atoms with Crippen LogP contribution in [0.25, 0.3) is 0 Å². The minimum absolute atomic E-state index is 0. The number of hydrogen-bond donors (Lipinski definition) is 2. The van der Waals surface area contributed by atoms with Gasteiger partial charge in [-0.25, -0.2) is 9.38 Å². The molecule has 0 atom stereocenters. The molecule has 0 radical (unpaired) electrons. The van der Waals surface area contributed by atoms with Gasteiger partial charge in [-0.1, -0.05) is 32.0 Å². The van der Waals surface area contributed by atoms with Crippen molar-refractivity contribution in [3.63, 3.8) is 0 Å². The summed E-state index contributed by atoms with van der Waals surface area (Å²) in [7, 11) is 0. The van der Waals surface area contributed by atoms with Crippen LogP contribution in [-0.2, 0) is 6.54 Å². The molecule has 0 aliphatic heterocycles. The summed E-state index contributed by atoms with van der Waals surface area (Å²) in [6, 6.07) is 6.77. The van der Waals surface area contributed by atoms with Crippen LogP contribution in [0.5, 0.6) is 0 Å². The van der Waals surface area contributed by atoms with Crippen molar-refractivity contribution in [2.45, 2.75) is 40.2 Å². The Morgan fingerprint density at radius 3 is 2.42 bits per heavy atom. The van der Waals surface area contributed by atoms with Crippen molar-refractivity contribution in [2.24, 2.45) is 4.99 Å². The zero-order chi connectivity index (χ0) is 16.9. The number of benzene rings is 1. The van der Waals surface area contributed by atoms with Gasteiger partial charge in [-0.05, 0) is 45.5 Å². The van der Waals surface area contributed by atoms with Gasteiger partial charge >= 0.3 is 0 Å². The van der Waals surface area contributed by atoms with Gasteiger partial charge in [-0.3, -0.25) is 0 Å². The Labute approximate surface area is 163 Å². The van der Waals surface area contributed by atoms with Gasteiger partial charge in [0.05, 0.1) is 6.54 Å². The van der Waals surface area contributed by atoms with E-state index in [2.05, 4.69) is 34.4 Å². The van der Waals surface area contributed by atoms with Crippen molar-refractivity contribution < 1.29 is 4.39 Å². The topological polar surface area (TPSA) is 39.7 Å². The van der Waals surface area contributed by atoms with E-state index in [-0.39, 0.29) is 29.8 Å². The Hall–Kier alpha value is -0.890. The summed E-state index contributed by atoms with van der Waals surface area (Å²) < 4.78 is 13.6. The molecule has 6 heteroatoms. The lowest BCUT2D eigenvalue weighted by Crippen LogP contribution is -2.38. The van der Waals surface area contributed by atoms with Gasteiger partial charge in [-0.2, -0.15) is 0 Å². The van der Waals surface area contributed by atoms with E-state index in [4.69, 9.17) is 0 Å². The molecule has 2 N–H and O–H groups in total. The first-order valence-electron chi connectivity index (χ1n) is 8.69. The predicted molar refractivity (Wildman–Crippen MR) is 112 cm³/mol. The number of nitrogens with zero attached hydrogens (tertiary/aromatic N) is 2. The van der Waals surface area contributed by atoms with Crippen LogP contribution < -0.4 is 10.6 Å². The molecular weight excluding hydrogens is 418 g/mol. The molecule has 1 aromatic rings.